The van der Waals surface area contributed by atoms with Crippen molar-refractivity contribution in [3.63, 3.8) is 0 Å². The summed E-state index contributed by atoms with van der Waals surface area (Å²) in [5.74, 6) is -0.308. The van der Waals surface area contributed by atoms with Crippen LogP contribution in [0.15, 0.2) is 70.4 Å². The van der Waals surface area contributed by atoms with Gasteiger partial charge in [-0.05, 0) is 60.6 Å². The highest BCUT2D eigenvalue weighted by Crippen LogP contribution is 2.26. The Labute approximate surface area is 204 Å². The highest BCUT2D eigenvalue weighted by molar-refractivity contribution is 7.89. The van der Waals surface area contributed by atoms with Gasteiger partial charge in [0.05, 0.1) is 11.4 Å². The summed E-state index contributed by atoms with van der Waals surface area (Å²) in [5, 5.41) is 4.28. The van der Waals surface area contributed by atoms with E-state index in [1.165, 1.54) is 26.7 Å². The molecule has 1 fully saturated rings. The van der Waals surface area contributed by atoms with Gasteiger partial charge < -0.3 is 4.90 Å². The average Bonchev–Trinajstić information content (AvgIpc) is 2.90. The van der Waals surface area contributed by atoms with Crippen LogP contribution in [0.3, 0.4) is 0 Å². The number of rotatable bonds is 5. The summed E-state index contributed by atoms with van der Waals surface area (Å²) in [6.45, 7) is 1.24. The van der Waals surface area contributed by atoms with Gasteiger partial charge in [0, 0.05) is 32.2 Å². The molecule has 0 radical (unpaired) electrons. The van der Waals surface area contributed by atoms with E-state index < -0.39 is 10.0 Å². The number of carbonyl (C=O) groups is 1. The highest BCUT2D eigenvalue weighted by Gasteiger charge is 2.31. The minimum Gasteiger partial charge on any atom is -0.335 e. The minimum absolute atomic E-state index is 0.173. The third kappa shape index (κ3) is 4.92. The number of piperazine rings is 1. The van der Waals surface area contributed by atoms with Gasteiger partial charge in [-0.15, -0.1) is 0 Å². The van der Waals surface area contributed by atoms with E-state index in [1.807, 2.05) is 42.5 Å². The van der Waals surface area contributed by atoms with Gasteiger partial charge >= 0.3 is 0 Å². The first-order valence-electron chi connectivity index (χ1n) is 12.0. The number of carbonyl (C=O) groups excluding carboxylic acids is 1. The summed E-state index contributed by atoms with van der Waals surface area (Å²) in [6.07, 6.45) is 4.15. The average molecular weight is 493 g/mol. The molecule has 1 amide bonds. The summed E-state index contributed by atoms with van der Waals surface area (Å²) in [5.41, 5.74) is 3.17. The lowest BCUT2D eigenvalue weighted by molar-refractivity contribution is 0.0689. The molecule has 35 heavy (non-hydrogen) atoms. The molecule has 1 saturated heterocycles. The van der Waals surface area contributed by atoms with Gasteiger partial charge in [-0.25, -0.2) is 13.1 Å². The van der Waals surface area contributed by atoms with E-state index in [2.05, 4.69) is 5.10 Å². The van der Waals surface area contributed by atoms with Crippen molar-refractivity contribution in [2.75, 3.05) is 26.2 Å². The van der Waals surface area contributed by atoms with Gasteiger partial charge in [0.25, 0.3) is 11.5 Å². The van der Waals surface area contributed by atoms with Crippen LogP contribution in [0.25, 0.3) is 0 Å². The third-order valence-corrected chi connectivity index (χ3v) is 8.64. The summed E-state index contributed by atoms with van der Waals surface area (Å²) in [6, 6.07) is 17.7. The van der Waals surface area contributed by atoms with Crippen LogP contribution in [0.2, 0.25) is 0 Å². The molecule has 0 bridgehead atoms. The van der Waals surface area contributed by atoms with Crippen molar-refractivity contribution in [3.05, 3.63) is 93.4 Å². The molecule has 3 aromatic rings. The number of nitrogens with zero attached hydrogens (tertiary/aromatic N) is 4. The van der Waals surface area contributed by atoms with Crippen LogP contribution in [-0.4, -0.2) is 59.5 Å². The van der Waals surface area contributed by atoms with Crippen LogP contribution in [0.5, 0.6) is 0 Å². The summed E-state index contributed by atoms with van der Waals surface area (Å²) in [7, 11) is -3.62. The summed E-state index contributed by atoms with van der Waals surface area (Å²) in [4.78, 5) is 27.3. The zero-order chi connectivity index (χ0) is 24.4. The van der Waals surface area contributed by atoms with Crippen molar-refractivity contribution in [2.24, 2.45) is 0 Å². The van der Waals surface area contributed by atoms with Crippen LogP contribution >= 0.6 is 0 Å². The molecule has 0 N–H and O–H groups in total. The monoisotopic (exact) mass is 492 g/mol. The number of amides is 1. The normalized spacial score (nSPS) is 16.6. The number of hydrogen-bond acceptors (Lipinski definition) is 5. The molecule has 182 valence electrons. The maximum Gasteiger partial charge on any atom is 0.274 e. The van der Waals surface area contributed by atoms with Gasteiger partial charge in [-0.2, -0.15) is 9.40 Å². The fourth-order valence-electron chi connectivity index (χ4n) is 4.75. The molecule has 2 aliphatic rings. The SMILES string of the molecule is O=C(c1ccc(=O)n(Cc2ccccc2)n1)N1CCN(S(=O)(=O)c2ccc3c(c2)CCCC3)CC1. The molecule has 9 heteroatoms. The number of benzene rings is 2. The Morgan fingerprint density at radius 1 is 0.857 bits per heavy atom. The van der Waals surface area contributed by atoms with E-state index in [9.17, 15) is 18.0 Å². The molecular weight excluding hydrogens is 464 g/mol. The van der Waals surface area contributed by atoms with Crippen molar-refractivity contribution in [2.45, 2.75) is 37.1 Å². The molecule has 8 nitrogen and oxygen atoms in total. The van der Waals surface area contributed by atoms with Crippen LogP contribution in [0.4, 0.5) is 0 Å². The van der Waals surface area contributed by atoms with E-state index in [-0.39, 0.29) is 49.9 Å². The van der Waals surface area contributed by atoms with E-state index in [0.29, 0.717) is 4.90 Å². The molecule has 2 aromatic carbocycles. The molecule has 2 heterocycles. The molecule has 5 rings (SSSR count). The second kappa shape index (κ2) is 9.75. The quantitative estimate of drug-likeness (QED) is 0.545. The van der Waals surface area contributed by atoms with E-state index >= 15 is 0 Å². The molecule has 1 aromatic heterocycles. The largest absolute Gasteiger partial charge is 0.335 e. The third-order valence-electron chi connectivity index (χ3n) is 6.74. The molecule has 1 aliphatic carbocycles. The Bertz CT molecular complexity index is 1390. The van der Waals surface area contributed by atoms with Crippen LogP contribution in [0, 0.1) is 0 Å². The predicted octanol–water partition coefficient (Wildman–Crippen LogP) is 2.32. The lowest BCUT2D eigenvalue weighted by atomic mass is 9.92. The fourth-order valence-corrected chi connectivity index (χ4v) is 6.22. The highest BCUT2D eigenvalue weighted by atomic mass is 32.2. The Kier molecular flexibility index (Phi) is 6.53. The van der Waals surface area contributed by atoms with Crippen LogP contribution < -0.4 is 5.56 Å². The maximum absolute atomic E-state index is 13.2. The smallest absolute Gasteiger partial charge is 0.274 e. The number of fused-ring (bicyclic) bond motifs is 1. The molecule has 0 unspecified atom stereocenters. The Morgan fingerprint density at radius 2 is 1.57 bits per heavy atom. The van der Waals surface area contributed by atoms with Gasteiger partial charge in [0.2, 0.25) is 10.0 Å². The van der Waals surface area contributed by atoms with Crippen molar-refractivity contribution < 1.29 is 13.2 Å². The zero-order valence-electron chi connectivity index (χ0n) is 19.5. The Morgan fingerprint density at radius 3 is 2.31 bits per heavy atom. The predicted molar refractivity (Wildman–Crippen MR) is 132 cm³/mol. The van der Waals surface area contributed by atoms with E-state index in [0.717, 1.165) is 36.8 Å². The second-order valence-electron chi connectivity index (χ2n) is 9.03. The molecule has 1 aliphatic heterocycles. The van der Waals surface area contributed by atoms with Crippen molar-refractivity contribution >= 4 is 15.9 Å². The Hall–Kier alpha value is -3.30. The molecule has 0 spiro atoms. The number of aromatic nitrogens is 2. The first kappa shape index (κ1) is 23.4. The second-order valence-corrected chi connectivity index (χ2v) is 11.0. The van der Waals surface area contributed by atoms with Gasteiger partial charge in [0.1, 0.15) is 5.69 Å². The zero-order valence-corrected chi connectivity index (χ0v) is 20.3. The van der Waals surface area contributed by atoms with Crippen LogP contribution in [-0.2, 0) is 29.4 Å². The van der Waals surface area contributed by atoms with Crippen molar-refractivity contribution in [3.8, 4) is 0 Å². The van der Waals surface area contributed by atoms with Gasteiger partial charge in [-0.1, -0.05) is 36.4 Å². The number of hydrogen-bond donors (Lipinski definition) is 0. The number of aryl methyl sites for hydroxylation is 2. The van der Waals surface area contributed by atoms with E-state index in [1.54, 1.807) is 11.0 Å². The fraction of sp³-hybridized carbons (Fsp3) is 0.346. The molecule has 0 atom stereocenters. The lowest BCUT2D eigenvalue weighted by Crippen LogP contribution is -2.50. The van der Waals surface area contributed by atoms with Crippen molar-refractivity contribution in [1.82, 2.24) is 19.0 Å². The first-order valence-corrected chi connectivity index (χ1v) is 13.4. The van der Waals surface area contributed by atoms with Gasteiger partial charge in [-0.3, -0.25) is 9.59 Å². The first-order chi connectivity index (χ1) is 16.9. The summed E-state index contributed by atoms with van der Waals surface area (Å²) >= 11 is 0. The van der Waals surface area contributed by atoms with Crippen LogP contribution in [0.1, 0.15) is 40.0 Å². The summed E-state index contributed by atoms with van der Waals surface area (Å²) < 4.78 is 29.2. The van der Waals surface area contributed by atoms with Crippen molar-refractivity contribution in [1.29, 1.82) is 0 Å². The standard InChI is InChI=1S/C26H28N4O4S/c31-25-13-12-24(27-30(25)19-20-6-2-1-3-7-20)26(32)28-14-16-29(17-15-28)35(33,34)23-11-10-21-8-4-5-9-22(21)18-23/h1-3,6-7,10-13,18H,4-5,8-9,14-17,19H2. The lowest BCUT2D eigenvalue weighted by Gasteiger charge is -2.34. The van der Waals surface area contributed by atoms with Gasteiger partial charge in [0.15, 0.2) is 0 Å². The molecule has 0 saturated carbocycles. The topological polar surface area (TPSA) is 92.6 Å². The van der Waals surface area contributed by atoms with E-state index in [4.69, 9.17) is 0 Å². The minimum atomic E-state index is -3.62. The molecular formula is C26H28N4O4S. The number of sulfonamides is 1. The Balaban J connectivity index is 1.27. The maximum atomic E-state index is 13.2.